The second-order valence-corrected chi connectivity index (χ2v) is 7.22. The Balaban J connectivity index is 1.65. The number of anilines is 1. The molecule has 3 aromatic rings. The maximum atomic E-state index is 12.3. The van der Waals surface area contributed by atoms with E-state index >= 15 is 0 Å². The Hall–Kier alpha value is -2.65. The lowest BCUT2D eigenvalue weighted by atomic mass is 10.2. The number of rotatable bonds is 6. The van der Waals surface area contributed by atoms with E-state index in [2.05, 4.69) is 15.5 Å². The summed E-state index contributed by atoms with van der Waals surface area (Å²) < 4.78 is 5.58. The monoisotopic (exact) mass is 374 g/mol. The van der Waals surface area contributed by atoms with E-state index in [-0.39, 0.29) is 5.91 Å². The summed E-state index contributed by atoms with van der Waals surface area (Å²) in [5, 5.41) is 12.6. The fourth-order valence-electron chi connectivity index (χ4n) is 1.97. The number of nitrogens with zero attached hydrogens (tertiary/aromatic N) is 2. The Morgan fingerprint density at radius 1 is 1.24 bits per heavy atom. The zero-order valence-corrected chi connectivity index (χ0v) is 14.8. The highest BCUT2D eigenvalue weighted by atomic mass is 32.2. The van der Waals surface area contributed by atoms with Crippen molar-refractivity contribution in [3.63, 3.8) is 0 Å². The Morgan fingerprint density at radius 3 is 2.72 bits per heavy atom. The van der Waals surface area contributed by atoms with E-state index in [0.29, 0.717) is 21.7 Å². The highest BCUT2D eigenvalue weighted by Gasteiger charge is 2.21. The summed E-state index contributed by atoms with van der Waals surface area (Å²) in [6.07, 6.45) is 0. The van der Waals surface area contributed by atoms with Crippen molar-refractivity contribution in [2.24, 2.45) is 5.73 Å². The van der Waals surface area contributed by atoms with Crippen molar-refractivity contribution in [2.75, 3.05) is 5.32 Å². The molecule has 25 heavy (non-hydrogen) atoms. The number of amides is 2. The normalized spacial score (nSPS) is 11.9. The first-order valence-electron chi connectivity index (χ1n) is 7.28. The van der Waals surface area contributed by atoms with Crippen LogP contribution < -0.4 is 11.1 Å². The third kappa shape index (κ3) is 4.06. The molecule has 2 heterocycles. The fraction of sp³-hybridized carbons (Fsp3) is 0.125. The molecule has 0 fully saturated rings. The van der Waals surface area contributed by atoms with Gasteiger partial charge in [0.25, 0.3) is 11.1 Å². The van der Waals surface area contributed by atoms with Crippen molar-refractivity contribution < 1.29 is 14.0 Å². The van der Waals surface area contributed by atoms with Crippen LogP contribution >= 0.6 is 23.1 Å². The maximum absolute atomic E-state index is 12.3. The molecule has 1 aromatic carbocycles. The van der Waals surface area contributed by atoms with Crippen LogP contribution in [0.2, 0.25) is 0 Å². The summed E-state index contributed by atoms with van der Waals surface area (Å²) in [4.78, 5) is 23.6. The Bertz CT molecular complexity index is 892. The van der Waals surface area contributed by atoms with Gasteiger partial charge in [-0.1, -0.05) is 30.0 Å². The number of hydrogen-bond donors (Lipinski definition) is 2. The maximum Gasteiger partial charge on any atom is 0.277 e. The minimum absolute atomic E-state index is 0.283. The zero-order chi connectivity index (χ0) is 17.8. The van der Waals surface area contributed by atoms with E-state index in [1.54, 1.807) is 18.4 Å². The number of carbonyl (C=O) groups is 2. The summed E-state index contributed by atoms with van der Waals surface area (Å²) in [7, 11) is 0. The summed E-state index contributed by atoms with van der Waals surface area (Å²) in [6, 6.07) is 10.9. The Labute approximate surface area is 151 Å². The van der Waals surface area contributed by atoms with Crippen LogP contribution in [-0.2, 0) is 4.79 Å². The van der Waals surface area contributed by atoms with Gasteiger partial charge in [0.05, 0.1) is 10.8 Å². The van der Waals surface area contributed by atoms with Gasteiger partial charge in [-0.3, -0.25) is 9.59 Å². The first-order chi connectivity index (χ1) is 12.0. The Morgan fingerprint density at radius 2 is 2.00 bits per heavy atom. The van der Waals surface area contributed by atoms with Crippen LogP contribution in [0.25, 0.3) is 11.5 Å². The molecule has 2 aromatic heterocycles. The van der Waals surface area contributed by atoms with E-state index in [1.165, 1.54) is 11.3 Å². The molecule has 1 atom stereocenters. The predicted octanol–water partition coefficient (Wildman–Crippen LogP) is 3.02. The number of benzene rings is 1. The van der Waals surface area contributed by atoms with E-state index in [1.807, 2.05) is 30.3 Å². The van der Waals surface area contributed by atoms with Gasteiger partial charge in [-0.25, -0.2) is 0 Å². The number of thioether (sulfide) groups is 1. The van der Waals surface area contributed by atoms with Crippen LogP contribution in [0.3, 0.4) is 0 Å². The summed E-state index contributed by atoms with van der Waals surface area (Å²) in [6.45, 7) is 1.71. The topological polar surface area (TPSA) is 111 Å². The van der Waals surface area contributed by atoms with Gasteiger partial charge in [0.2, 0.25) is 11.8 Å². The highest BCUT2D eigenvalue weighted by molar-refractivity contribution is 8.00. The smallest absolute Gasteiger partial charge is 0.277 e. The van der Waals surface area contributed by atoms with Crippen molar-refractivity contribution >= 4 is 39.9 Å². The summed E-state index contributed by atoms with van der Waals surface area (Å²) in [5.74, 6) is -0.472. The fourth-order valence-corrected chi connectivity index (χ4v) is 3.45. The average Bonchev–Trinajstić information content (AvgIpc) is 3.25. The zero-order valence-electron chi connectivity index (χ0n) is 13.1. The van der Waals surface area contributed by atoms with Gasteiger partial charge in [-0.05, 0) is 30.5 Å². The number of nitrogens with one attached hydrogen (secondary N) is 1. The van der Waals surface area contributed by atoms with Crippen molar-refractivity contribution in [1.29, 1.82) is 0 Å². The number of nitrogens with two attached hydrogens (primary N) is 1. The van der Waals surface area contributed by atoms with Gasteiger partial charge >= 0.3 is 0 Å². The molecule has 0 aliphatic carbocycles. The van der Waals surface area contributed by atoms with Crippen molar-refractivity contribution in [3.8, 4) is 11.5 Å². The molecule has 3 N–H and O–H groups in total. The molecule has 3 rings (SSSR count). The second-order valence-electron chi connectivity index (χ2n) is 5.02. The van der Waals surface area contributed by atoms with Crippen LogP contribution in [-0.4, -0.2) is 27.3 Å². The molecule has 7 nitrogen and oxygen atoms in total. The van der Waals surface area contributed by atoms with E-state index in [9.17, 15) is 9.59 Å². The molecule has 0 saturated carbocycles. The number of hydrogen-bond acceptors (Lipinski definition) is 7. The van der Waals surface area contributed by atoms with E-state index < -0.39 is 11.2 Å². The van der Waals surface area contributed by atoms with E-state index in [4.69, 9.17) is 10.2 Å². The van der Waals surface area contributed by atoms with Gasteiger partial charge in [-0.15, -0.1) is 21.5 Å². The SMILES string of the molecule is C[C@@H](Sc1nnc(-c2ccccc2)o1)C(=O)Nc1sccc1C(N)=O. The molecule has 0 spiro atoms. The molecule has 0 unspecified atom stereocenters. The first kappa shape index (κ1) is 17.2. The molecule has 0 aliphatic heterocycles. The number of thiophene rings is 1. The summed E-state index contributed by atoms with van der Waals surface area (Å²) >= 11 is 2.38. The van der Waals surface area contributed by atoms with Crippen molar-refractivity contribution in [3.05, 3.63) is 47.3 Å². The molecule has 0 radical (unpaired) electrons. The van der Waals surface area contributed by atoms with Gasteiger partial charge in [0, 0.05) is 5.56 Å². The molecular formula is C16H14N4O3S2. The molecule has 128 valence electrons. The van der Waals surface area contributed by atoms with Crippen LogP contribution in [0.5, 0.6) is 0 Å². The first-order valence-corrected chi connectivity index (χ1v) is 9.04. The predicted molar refractivity (Wildman–Crippen MR) is 96.5 cm³/mol. The van der Waals surface area contributed by atoms with Gasteiger partial charge in [0.15, 0.2) is 0 Å². The average molecular weight is 374 g/mol. The third-order valence-electron chi connectivity index (χ3n) is 3.24. The largest absolute Gasteiger partial charge is 0.411 e. The quantitative estimate of drug-likeness (QED) is 0.642. The van der Waals surface area contributed by atoms with Crippen molar-refractivity contribution in [2.45, 2.75) is 17.4 Å². The van der Waals surface area contributed by atoms with Crippen molar-refractivity contribution in [1.82, 2.24) is 10.2 Å². The number of primary amides is 1. The number of aromatic nitrogens is 2. The lowest BCUT2D eigenvalue weighted by molar-refractivity contribution is -0.115. The lowest BCUT2D eigenvalue weighted by Gasteiger charge is -2.09. The van der Waals surface area contributed by atoms with Gasteiger partial charge in [0.1, 0.15) is 5.00 Å². The van der Waals surface area contributed by atoms with Crippen LogP contribution in [0.15, 0.2) is 51.4 Å². The molecule has 0 aliphatic rings. The highest BCUT2D eigenvalue weighted by Crippen LogP contribution is 2.28. The molecule has 0 saturated heterocycles. The second kappa shape index (κ2) is 7.49. The van der Waals surface area contributed by atoms with Gasteiger partial charge < -0.3 is 15.5 Å². The molecule has 0 bridgehead atoms. The minimum Gasteiger partial charge on any atom is -0.411 e. The number of carbonyl (C=O) groups excluding carboxylic acids is 2. The third-order valence-corrected chi connectivity index (χ3v) is 5.01. The molecule has 9 heteroatoms. The summed E-state index contributed by atoms with van der Waals surface area (Å²) in [5.41, 5.74) is 6.37. The standard InChI is InChI=1S/C16H14N4O3S2/c1-9(13(22)18-15-11(12(17)21)7-8-24-15)25-16-20-19-14(23-16)10-5-3-2-4-6-10/h2-9H,1H3,(H2,17,21)(H,18,22)/t9-/m1/s1. The van der Waals surface area contributed by atoms with E-state index in [0.717, 1.165) is 17.3 Å². The molecular weight excluding hydrogens is 360 g/mol. The van der Waals surface area contributed by atoms with Gasteiger partial charge in [-0.2, -0.15) is 0 Å². The van der Waals surface area contributed by atoms with Crippen LogP contribution in [0.1, 0.15) is 17.3 Å². The Kier molecular flexibility index (Phi) is 5.15. The lowest BCUT2D eigenvalue weighted by Crippen LogP contribution is -2.23. The molecule has 2 amide bonds. The van der Waals surface area contributed by atoms with Crippen LogP contribution in [0, 0.1) is 0 Å². The minimum atomic E-state index is -0.582. The van der Waals surface area contributed by atoms with Crippen LogP contribution in [0.4, 0.5) is 5.00 Å².